The molecule has 0 radical (unpaired) electrons. The molecular weight excluding hydrogens is 409 g/mol. The number of sulfonamides is 2. The number of hydrogen-bond acceptors (Lipinski definition) is 5. The van der Waals surface area contributed by atoms with E-state index < -0.39 is 31.8 Å². The Morgan fingerprint density at radius 3 is 2.21 bits per heavy atom. The van der Waals surface area contributed by atoms with Crippen LogP contribution in [-0.2, 0) is 20.0 Å². The van der Waals surface area contributed by atoms with Crippen LogP contribution in [0.2, 0.25) is 0 Å². The van der Waals surface area contributed by atoms with Gasteiger partial charge in [0.1, 0.15) is 5.82 Å². The van der Waals surface area contributed by atoms with Crippen molar-refractivity contribution in [3.05, 3.63) is 59.9 Å². The van der Waals surface area contributed by atoms with Gasteiger partial charge < -0.3 is 0 Å². The normalized spacial score (nSPS) is 15.5. The number of hydrazine groups is 1. The standard InChI is InChI=1S/C17H18FN3O5S2/c18-14-6-8-15(9-7-14)27(23,24)20-19-17(22)13-4-3-5-16(12-13)28(25,26)21-10-1-2-11-21/h3-9,12,20H,1-2,10-11H2,(H,19,22). The number of benzene rings is 2. The maximum atomic E-state index is 12.9. The second kappa shape index (κ2) is 7.95. The molecule has 11 heteroatoms. The summed E-state index contributed by atoms with van der Waals surface area (Å²) in [6.07, 6.45) is 1.56. The summed E-state index contributed by atoms with van der Waals surface area (Å²) in [5.41, 5.74) is 2.00. The van der Waals surface area contributed by atoms with Crippen molar-refractivity contribution in [2.45, 2.75) is 22.6 Å². The van der Waals surface area contributed by atoms with Crippen LogP contribution in [-0.4, -0.2) is 40.1 Å². The van der Waals surface area contributed by atoms with E-state index in [1.54, 1.807) is 0 Å². The molecule has 1 saturated heterocycles. The lowest BCUT2D eigenvalue weighted by Gasteiger charge is -2.16. The maximum absolute atomic E-state index is 12.9. The summed E-state index contributed by atoms with van der Waals surface area (Å²) >= 11 is 0. The molecule has 2 N–H and O–H groups in total. The largest absolute Gasteiger partial charge is 0.273 e. The summed E-state index contributed by atoms with van der Waals surface area (Å²) in [5.74, 6) is -1.43. The van der Waals surface area contributed by atoms with Gasteiger partial charge in [-0.3, -0.25) is 10.2 Å². The summed E-state index contributed by atoms with van der Waals surface area (Å²) in [5, 5.41) is 0. The van der Waals surface area contributed by atoms with Crippen LogP contribution in [0.15, 0.2) is 58.3 Å². The monoisotopic (exact) mass is 427 g/mol. The third-order valence-electron chi connectivity index (χ3n) is 4.22. The Hall–Kier alpha value is -2.34. The van der Waals surface area contributed by atoms with Crippen molar-refractivity contribution in [3.8, 4) is 0 Å². The third kappa shape index (κ3) is 4.38. The molecule has 0 unspecified atom stereocenters. The number of nitrogens with one attached hydrogen (secondary N) is 2. The summed E-state index contributed by atoms with van der Waals surface area (Å²) < 4.78 is 63.7. The quantitative estimate of drug-likeness (QED) is 0.674. The van der Waals surface area contributed by atoms with Crippen molar-refractivity contribution in [1.29, 1.82) is 0 Å². The topological polar surface area (TPSA) is 113 Å². The highest BCUT2D eigenvalue weighted by atomic mass is 32.2. The Morgan fingerprint density at radius 1 is 0.929 bits per heavy atom. The highest BCUT2D eigenvalue weighted by molar-refractivity contribution is 7.89. The fraction of sp³-hybridized carbons (Fsp3) is 0.235. The molecular formula is C17H18FN3O5S2. The molecule has 0 aliphatic carbocycles. The van der Waals surface area contributed by atoms with E-state index in [-0.39, 0.29) is 15.4 Å². The predicted molar refractivity (Wildman–Crippen MR) is 98.6 cm³/mol. The van der Waals surface area contributed by atoms with Gasteiger partial charge >= 0.3 is 0 Å². The molecule has 1 amide bonds. The number of carbonyl (C=O) groups is 1. The molecule has 150 valence electrons. The number of hydrogen-bond donors (Lipinski definition) is 2. The molecule has 1 fully saturated rings. The van der Waals surface area contributed by atoms with Crippen molar-refractivity contribution in [1.82, 2.24) is 14.6 Å². The molecule has 0 saturated carbocycles. The molecule has 0 aromatic heterocycles. The molecule has 0 atom stereocenters. The smallest absolute Gasteiger partial charge is 0.266 e. The summed E-state index contributed by atoms with van der Waals surface area (Å²) in [6, 6.07) is 9.39. The lowest BCUT2D eigenvalue weighted by atomic mass is 10.2. The second-order valence-corrected chi connectivity index (χ2v) is 9.77. The van der Waals surface area contributed by atoms with Crippen LogP contribution < -0.4 is 10.3 Å². The van der Waals surface area contributed by atoms with Crippen molar-refractivity contribution in [2.75, 3.05) is 13.1 Å². The van der Waals surface area contributed by atoms with Crippen molar-refractivity contribution >= 4 is 26.0 Å². The van der Waals surface area contributed by atoms with Crippen LogP contribution in [0.4, 0.5) is 4.39 Å². The molecule has 28 heavy (non-hydrogen) atoms. The summed E-state index contributed by atoms with van der Waals surface area (Å²) in [6.45, 7) is 0.854. The fourth-order valence-corrected chi connectivity index (χ4v) is 5.14. The van der Waals surface area contributed by atoms with Crippen molar-refractivity contribution < 1.29 is 26.0 Å². The van der Waals surface area contributed by atoms with Crippen molar-refractivity contribution in [3.63, 3.8) is 0 Å². The third-order valence-corrected chi connectivity index (χ3v) is 7.38. The van der Waals surface area contributed by atoms with Gasteiger partial charge in [0.05, 0.1) is 9.79 Å². The lowest BCUT2D eigenvalue weighted by Crippen LogP contribution is -2.41. The predicted octanol–water partition coefficient (Wildman–Crippen LogP) is 1.23. The van der Waals surface area contributed by atoms with Gasteiger partial charge in [0.25, 0.3) is 15.9 Å². The Bertz CT molecular complexity index is 1080. The Kier molecular flexibility index (Phi) is 5.79. The van der Waals surface area contributed by atoms with Crippen LogP contribution in [0.5, 0.6) is 0 Å². The minimum absolute atomic E-state index is 0.0259. The van der Waals surface area contributed by atoms with E-state index in [1.807, 2.05) is 10.3 Å². The highest BCUT2D eigenvalue weighted by Crippen LogP contribution is 2.21. The van der Waals surface area contributed by atoms with Crippen LogP contribution in [0, 0.1) is 5.82 Å². The van der Waals surface area contributed by atoms with E-state index in [0.717, 1.165) is 37.1 Å². The van der Waals surface area contributed by atoms with E-state index in [9.17, 15) is 26.0 Å². The minimum atomic E-state index is -4.11. The minimum Gasteiger partial charge on any atom is -0.273 e. The Morgan fingerprint density at radius 2 is 1.57 bits per heavy atom. The zero-order valence-corrected chi connectivity index (χ0v) is 16.3. The number of nitrogens with zero attached hydrogens (tertiary/aromatic N) is 1. The first kappa shape index (κ1) is 20.4. The Labute approximate surface area is 162 Å². The number of carbonyl (C=O) groups excluding carboxylic acids is 1. The van der Waals surface area contributed by atoms with Crippen molar-refractivity contribution in [2.24, 2.45) is 0 Å². The molecule has 1 aliphatic heterocycles. The average Bonchev–Trinajstić information content (AvgIpc) is 3.22. The van der Waals surface area contributed by atoms with Crippen LogP contribution in [0.25, 0.3) is 0 Å². The molecule has 0 spiro atoms. The number of amides is 1. The maximum Gasteiger partial charge on any atom is 0.266 e. The van der Waals surface area contributed by atoms with Crippen LogP contribution >= 0.6 is 0 Å². The van der Waals surface area contributed by atoms with E-state index in [4.69, 9.17) is 0 Å². The van der Waals surface area contributed by atoms with E-state index in [2.05, 4.69) is 0 Å². The fourth-order valence-electron chi connectivity index (χ4n) is 2.73. The first-order chi connectivity index (χ1) is 13.2. The molecule has 0 bridgehead atoms. The molecule has 8 nitrogen and oxygen atoms in total. The Balaban J connectivity index is 1.74. The molecule has 1 heterocycles. The molecule has 3 rings (SSSR count). The van der Waals surface area contributed by atoms with Gasteiger partial charge in [-0.2, -0.15) is 4.31 Å². The van der Waals surface area contributed by atoms with E-state index in [1.165, 1.54) is 28.6 Å². The average molecular weight is 427 g/mol. The van der Waals surface area contributed by atoms with Crippen LogP contribution in [0.1, 0.15) is 23.2 Å². The van der Waals surface area contributed by atoms with Gasteiger partial charge in [0.2, 0.25) is 10.0 Å². The first-order valence-corrected chi connectivity index (χ1v) is 11.3. The van der Waals surface area contributed by atoms with Gasteiger partial charge in [-0.15, -0.1) is 4.83 Å². The van der Waals surface area contributed by atoms with Crippen LogP contribution in [0.3, 0.4) is 0 Å². The van der Waals surface area contributed by atoms with Gasteiger partial charge in [0.15, 0.2) is 0 Å². The molecule has 1 aliphatic rings. The molecule has 2 aromatic rings. The van der Waals surface area contributed by atoms with Gasteiger partial charge in [-0.25, -0.2) is 21.2 Å². The van der Waals surface area contributed by atoms with Gasteiger partial charge in [-0.05, 0) is 55.3 Å². The number of halogens is 1. The first-order valence-electron chi connectivity index (χ1n) is 8.38. The lowest BCUT2D eigenvalue weighted by molar-refractivity contribution is 0.0945. The zero-order valence-electron chi connectivity index (χ0n) is 14.6. The second-order valence-electron chi connectivity index (χ2n) is 6.15. The molecule has 2 aromatic carbocycles. The SMILES string of the molecule is O=C(NNS(=O)(=O)c1ccc(F)cc1)c1cccc(S(=O)(=O)N2CCCC2)c1. The van der Waals surface area contributed by atoms with E-state index in [0.29, 0.717) is 13.1 Å². The van der Waals surface area contributed by atoms with Gasteiger partial charge in [0, 0.05) is 18.7 Å². The summed E-state index contributed by atoms with van der Waals surface area (Å²) in [7, 11) is -7.81. The van der Waals surface area contributed by atoms with E-state index >= 15 is 0 Å². The zero-order chi connectivity index (χ0) is 20.4. The highest BCUT2D eigenvalue weighted by Gasteiger charge is 2.27. The van der Waals surface area contributed by atoms with Gasteiger partial charge in [-0.1, -0.05) is 6.07 Å². The number of rotatable bonds is 6. The summed E-state index contributed by atoms with van der Waals surface area (Å²) in [4.78, 5) is 13.9.